The molecule has 0 radical (unpaired) electrons. The van der Waals surface area contributed by atoms with Crippen LogP contribution in [0.5, 0.6) is 5.75 Å². The van der Waals surface area contributed by atoms with Crippen molar-refractivity contribution < 1.29 is 22.3 Å². The number of ether oxygens (including phenoxy) is 1. The molecule has 3 rings (SSSR count). The van der Waals surface area contributed by atoms with Crippen molar-refractivity contribution in [3.63, 3.8) is 0 Å². The van der Waals surface area contributed by atoms with Crippen molar-refractivity contribution >= 4 is 27.4 Å². The van der Waals surface area contributed by atoms with Gasteiger partial charge in [0.15, 0.2) is 5.78 Å². The normalized spacial score (nSPS) is 11.3. The molecule has 0 amide bonds. The van der Waals surface area contributed by atoms with Crippen LogP contribution >= 0.6 is 11.6 Å². The lowest BCUT2D eigenvalue weighted by atomic mass is 10.1. The van der Waals surface area contributed by atoms with E-state index in [0.717, 1.165) is 29.5 Å². The highest BCUT2D eigenvalue weighted by atomic mass is 35.5. The molecule has 0 aliphatic heterocycles. The number of Topliss-reactive ketones (excluding diaryl/α,β-unsaturated/α-hetero) is 1. The molecule has 0 bridgehead atoms. The van der Waals surface area contributed by atoms with E-state index in [9.17, 15) is 17.6 Å². The highest BCUT2D eigenvalue weighted by Gasteiger charge is 2.16. The second-order valence-corrected chi connectivity index (χ2v) is 8.76. The van der Waals surface area contributed by atoms with E-state index in [1.165, 1.54) is 12.1 Å². The molecule has 0 aliphatic carbocycles. The molecule has 1 heterocycles. The van der Waals surface area contributed by atoms with Crippen LogP contribution in [0.2, 0.25) is 5.02 Å². The number of carbonyl (C=O) groups excluding carboxylic acids is 1. The smallest absolute Gasteiger partial charge is 0.240 e. The van der Waals surface area contributed by atoms with Gasteiger partial charge in [-0.15, -0.1) is 5.10 Å². The monoisotopic (exact) mass is 463 g/mol. The molecule has 0 saturated heterocycles. The lowest BCUT2D eigenvalue weighted by Gasteiger charge is -2.07. The van der Waals surface area contributed by atoms with Gasteiger partial charge in [0.2, 0.25) is 10.0 Å². The largest absolute Gasteiger partial charge is 0.497 e. The van der Waals surface area contributed by atoms with E-state index in [4.69, 9.17) is 16.3 Å². The van der Waals surface area contributed by atoms with E-state index in [1.54, 1.807) is 7.11 Å². The number of halogens is 2. The molecule has 1 N–H and O–H groups in total. The molecule has 3 aromatic rings. The van der Waals surface area contributed by atoms with Gasteiger partial charge in [-0.3, -0.25) is 4.79 Å². The Morgan fingerprint density at radius 2 is 1.84 bits per heavy atom. The molecule has 7 nitrogen and oxygen atoms in total. The highest BCUT2D eigenvalue weighted by Crippen LogP contribution is 2.19. The molecule has 0 fully saturated rings. The zero-order valence-electron chi connectivity index (χ0n) is 16.5. The summed E-state index contributed by atoms with van der Waals surface area (Å²) in [4.78, 5) is 12.2. The number of hydrogen-bond donors (Lipinski definition) is 1. The number of carbonyl (C=O) groups is 1. The van der Waals surface area contributed by atoms with Crippen LogP contribution in [0, 0.1) is 5.82 Å². The van der Waals surface area contributed by atoms with Crippen LogP contribution in [0.3, 0.4) is 0 Å². The first-order chi connectivity index (χ1) is 14.8. The van der Waals surface area contributed by atoms with E-state index >= 15 is 0 Å². The Bertz CT molecular complexity index is 1170. The summed E-state index contributed by atoms with van der Waals surface area (Å²) in [6.45, 7) is -0.148. The van der Waals surface area contributed by atoms with Crippen LogP contribution < -0.4 is 9.46 Å². The molecule has 162 valence electrons. The van der Waals surface area contributed by atoms with Crippen LogP contribution in [0.4, 0.5) is 4.39 Å². The summed E-state index contributed by atoms with van der Waals surface area (Å²) >= 11 is 5.64. The lowest BCUT2D eigenvalue weighted by Crippen LogP contribution is -2.24. The maximum atomic E-state index is 13.2. The molecular weight excluding hydrogens is 445 g/mol. The minimum atomic E-state index is -3.91. The second-order valence-electron chi connectivity index (χ2n) is 6.58. The standard InChI is InChI=1S/C21H19ClFN3O4S/c1-30-16-6-2-14(3-7-16)4-11-21(27)20-10-5-15(25-26-20)13-24-31(28,29)17-8-9-19(23)18(22)12-17/h2-3,5-10,12,24H,4,11,13H2,1H3. The third-order valence-electron chi connectivity index (χ3n) is 4.45. The SMILES string of the molecule is COc1ccc(CCC(=O)c2ccc(CNS(=O)(=O)c3ccc(F)c(Cl)c3)nn2)cc1. The number of sulfonamides is 1. The molecule has 0 atom stereocenters. The average Bonchev–Trinajstić information content (AvgIpc) is 2.78. The first kappa shape index (κ1) is 22.8. The number of methoxy groups -OCH3 is 1. The van der Waals surface area contributed by atoms with Crippen LogP contribution in [0.25, 0.3) is 0 Å². The number of ketones is 1. The minimum Gasteiger partial charge on any atom is -0.497 e. The van der Waals surface area contributed by atoms with E-state index in [2.05, 4.69) is 14.9 Å². The van der Waals surface area contributed by atoms with Crippen molar-refractivity contribution in [2.45, 2.75) is 24.3 Å². The predicted molar refractivity (Wildman–Crippen MR) is 113 cm³/mol. The van der Waals surface area contributed by atoms with Crippen molar-refractivity contribution in [3.8, 4) is 5.75 Å². The highest BCUT2D eigenvalue weighted by molar-refractivity contribution is 7.89. The van der Waals surface area contributed by atoms with E-state index in [-0.39, 0.29) is 34.4 Å². The number of nitrogens with zero attached hydrogens (tertiary/aromatic N) is 2. The molecule has 0 unspecified atom stereocenters. The Morgan fingerprint density at radius 3 is 2.45 bits per heavy atom. The predicted octanol–water partition coefficient (Wildman–Crippen LogP) is 3.57. The van der Waals surface area contributed by atoms with Gasteiger partial charge in [-0.2, -0.15) is 5.10 Å². The van der Waals surface area contributed by atoms with Crippen LogP contribution in [0.1, 0.15) is 28.2 Å². The first-order valence-corrected chi connectivity index (χ1v) is 11.1. The van der Waals surface area contributed by atoms with Gasteiger partial charge in [0, 0.05) is 6.42 Å². The molecule has 0 spiro atoms. The third kappa shape index (κ3) is 6.06. The molecule has 1 aromatic heterocycles. The summed E-state index contributed by atoms with van der Waals surface area (Å²) in [5.41, 5.74) is 1.52. The van der Waals surface area contributed by atoms with Gasteiger partial charge >= 0.3 is 0 Å². The zero-order chi connectivity index (χ0) is 22.4. The summed E-state index contributed by atoms with van der Waals surface area (Å²) in [5, 5.41) is 7.51. The Labute approximate surface area is 184 Å². The van der Waals surface area contributed by atoms with E-state index in [0.29, 0.717) is 12.1 Å². The lowest BCUT2D eigenvalue weighted by molar-refractivity contribution is 0.0977. The molecular formula is C21H19ClFN3O4S. The number of hydrogen-bond acceptors (Lipinski definition) is 6. The number of aromatic nitrogens is 2. The summed E-state index contributed by atoms with van der Waals surface area (Å²) < 4.78 is 45.3. The Balaban J connectivity index is 1.56. The fourth-order valence-corrected chi connectivity index (χ4v) is 3.95. The maximum absolute atomic E-state index is 13.2. The van der Waals surface area contributed by atoms with Crippen LogP contribution in [-0.2, 0) is 23.0 Å². The van der Waals surface area contributed by atoms with E-state index < -0.39 is 15.8 Å². The summed E-state index contributed by atoms with van der Waals surface area (Å²) in [6, 6.07) is 13.6. The fraction of sp³-hybridized carbons (Fsp3) is 0.190. The van der Waals surface area contributed by atoms with Gasteiger partial charge in [0.1, 0.15) is 17.3 Å². The van der Waals surface area contributed by atoms with E-state index in [1.807, 2.05) is 24.3 Å². The Kier molecular flexibility index (Phi) is 7.32. The number of aryl methyl sites for hydroxylation is 1. The quantitative estimate of drug-likeness (QED) is 0.487. The third-order valence-corrected chi connectivity index (χ3v) is 6.14. The Morgan fingerprint density at radius 1 is 1.10 bits per heavy atom. The molecule has 0 aliphatic rings. The number of rotatable bonds is 9. The number of nitrogens with one attached hydrogen (secondary N) is 1. The second kappa shape index (κ2) is 9.95. The van der Waals surface area contributed by atoms with Crippen molar-refractivity contribution in [3.05, 3.63) is 82.4 Å². The van der Waals surface area contributed by atoms with Crippen molar-refractivity contribution in [2.75, 3.05) is 7.11 Å². The zero-order valence-corrected chi connectivity index (χ0v) is 18.1. The molecule has 2 aromatic carbocycles. The van der Waals surface area contributed by atoms with Gasteiger partial charge in [0.25, 0.3) is 0 Å². The minimum absolute atomic E-state index is 0.148. The van der Waals surface area contributed by atoms with Gasteiger partial charge in [-0.1, -0.05) is 23.7 Å². The maximum Gasteiger partial charge on any atom is 0.240 e. The molecule has 31 heavy (non-hydrogen) atoms. The van der Waals surface area contributed by atoms with Gasteiger partial charge in [-0.05, 0) is 54.4 Å². The molecule has 10 heteroatoms. The van der Waals surface area contributed by atoms with Gasteiger partial charge < -0.3 is 4.74 Å². The average molecular weight is 464 g/mol. The van der Waals surface area contributed by atoms with Crippen molar-refractivity contribution in [1.29, 1.82) is 0 Å². The molecule has 0 saturated carbocycles. The Hall–Kier alpha value is -2.88. The summed E-state index contributed by atoms with van der Waals surface area (Å²) in [6.07, 6.45) is 0.810. The first-order valence-electron chi connectivity index (χ1n) is 9.22. The fourth-order valence-electron chi connectivity index (χ4n) is 2.68. The van der Waals surface area contributed by atoms with Gasteiger partial charge in [0.05, 0.1) is 29.3 Å². The summed E-state index contributed by atoms with van der Waals surface area (Å²) in [5.74, 6) is -0.134. The summed E-state index contributed by atoms with van der Waals surface area (Å²) in [7, 11) is -2.33. The number of benzene rings is 2. The van der Waals surface area contributed by atoms with Crippen molar-refractivity contribution in [2.24, 2.45) is 0 Å². The van der Waals surface area contributed by atoms with Crippen LogP contribution in [-0.4, -0.2) is 31.5 Å². The van der Waals surface area contributed by atoms with Crippen molar-refractivity contribution in [1.82, 2.24) is 14.9 Å². The van der Waals surface area contributed by atoms with Gasteiger partial charge in [-0.25, -0.2) is 17.5 Å². The van der Waals surface area contributed by atoms with Crippen LogP contribution in [0.15, 0.2) is 59.5 Å². The topological polar surface area (TPSA) is 98.2 Å².